The summed E-state index contributed by atoms with van der Waals surface area (Å²) in [5.74, 6) is -1.19. The highest BCUT2D eigenvalue weighted by Crippen LogP contribution is 2.22. The lowest BCUT2D eigenvalue weighted by Gasteiger charge is -2.31. The Morgan fingerprint density at radius 1 is 1.29 bits per heavy atom. The topological polar surface area (TPSA) is 92.4 Å². The Kier molecular flexibility index (Phi) is 5.61. The molecule has 4 N–H and O–H groups in total. The van der Waals surface area contributed by atoms with Gasteiger partial charge in [0.25, 0.3) is 0 Å². The van der Waals surface area contributed by atoms with Crippen LogP contribution in [-0.2, 0) is 9.59 Å². The van der Waals surface area contributed by atoms with Crippen molar-refractivity contribution in [1.29, 1.82) is 0 Å². The van der Waals surface area contributed by atoms with Crippen LogP contribution in [0.15, 0.2) is 0 Å². The standard InChI is InChI=1S/C12H24N2O3/c1-7(2)10(13)11(17)14-8(6-9(15)16)12(3,4)5/h7-8,10H,6,13H2,1-5H3,(H,14,17)(H,15,16)/t8?,10-/m0/s1. The number of carboxylic acids is 1. The van der Waals surface area contributed by atoms with Gasteiger partial charge in [-0.2, -0.15) is 0 Å². The van der Waals surface area contributed by atoms with Crippen LogP contribution in [0.25, 0.3) is 0 Å². The van der Waals surface area contributed by atoms with Crippen molar-refractivity contribution >= 4 is 11.9 Å². The highest BCUT2D eigenvalue weighted by atomic mass is 16.4. The highest BCUT2D eigenvalue weighted by molar-refractivity contribution is 5.82. The Balaban J connectivity index is 4.65. The van der Waals surface area contributed by atoms with Gasteiger partial charge in [-0.15, -0.1) is 0 Å². The molecular weight excluding hydrogens is 220 g/mol. The van der Waals surface area contributed by atoms with Gasteiger partial charge in [0.2, 0.25) is 5.91 Å². The van der Waals surface area contributed by atoms with Crippen molar-refractivity contribution in [3.05, 3.63) is 0 Å². The van der Waals surface area contributed by atoms with E-state index in [0.29, 0.717) is 0 Å². The van der Waals surface area contributed by atoms with E-state index in [2.05, 4.69) is 5.32 Å². The first kappa shape index (κ1) is 15.9. The average Bonchev–Trinajstić information content (AvgIpc) is 2.13. The second-order valence-electron chi connectivity index (χ2n) is 5.79. The Hall–Kier alpha value is -1.10. The number of carbonyl (C=O) groups is 2. The minimum absolute atomic E-state index is 0.0282. The Labute approximate surface area is 103 Å². The number of aliphatic carboxylic acids is 1. The summed E-state index contributed by atoms with van der Waals surface area (Å²) in [4.78, 5) is 22.6. The van der Waals surface area contributed by atoms with E-state index in [4.69, 9.17) is 10.8 Å². The van der Waals surface area contributed by atoms with Gasteiger partial charge in [-0.05, 0) is 11.3 Å². The lowest BCUT2D eigenvalue weighted by molar-refractivity contribution is -0.138. The zero-order valence-electron chi connectivity index (χ0n) is 11.3. The van der Waals surface area contributed by atoms with Crippen molar-refractivity contribution in [2.75, 3.05) is 0 Å². The van der Waals surface area contributed by atoms with Crippen LogP contribution < -0.4 is 11.1 Å². The van der Waals surface area contributed by atoms with Gasteiger partial charge >= 0.3 is 5.97 Å². The first-order chi connectivity index (χ1) is 7.55. The van der Waals surface area contributed by atoms with Crippen LogP contribution >= 0.6 is 0 Å². The van der Waals surface area contributed by atoms with E-state index in [1.807, 2.05) is 34.6 Å². The second-order valence-corrected chi connectivity index (χ2v) is 5.79. The largest absolute Gasteiger partial charge is 0.481 e. The lowest BCUT2D eigenvalue weighted by atomic mass is 9.84. The number of amides is 1. The third-order valence-corrected chi connectivity index (χ3v) is 2.76. The first-order valence-corrected chi connectivity index (χ1v) is 5.83. The zero-order valence-corrected chi connectivity index (χ0v) is 11.3. The molecule has 0 aromatic heterocycles. The van der Waals surface area contributed by atoms with Crippen LogP contribution in [0, 0.1) is 11.3 Å². The van der Waals surface area contributed by atoms with Gasteiger partial charge in [0.1, 0.15) is 0 Å². The molecule has 5 heteroatoms. The van der Waals surface area contributed by atoms with E-state index in [9.17, 15) is 9.59 Å². The van der Waals surface area contributed by atoms with Gasteiger partial charge in [0.05, 0.1) is 12.5 Å². The Bertz CT molecular complexity index is 282. The summed E-state index contributed by atoms with van der Waals surface area (Å²) in [6.07, 6.45) is -0.0972. The molecule has 0 aliphatic carbocycles. The molecule has 1 amide bonds. The van der Waals surface area contributed by atoms with Gasteiger partial charge < -0.3 is 16.2 Å². The smallest absolute Gasteiger partial charge is 0.305 e. The summed E-state index contributed by atoms with van der Waals surface area (Å²) in [6.45, 7) is 9.38. The van der Waals surface area contributed by atoms with Gasteiger partial charge in [0, 0.05) is 6.04 Å². The molecule has 0 aliphatic heterocycles. The average molecular weight is 244 g/mol. The minimum atomic E-state index is -0.927. The third kappa shape index (κ3) is 5.68. The summed E-state index contributed by atoms with van der Waals surface area (Å²) in [7, 11) is 0. The number of nitrogens with one attached hydrogen (secondary N) is 1. The van der Waals surface area contributed by atoms with Crippen molar-refractivity contribution in [2.24, 2.45) is 17.1 Å². The fourth-order valence-corrected chi connectivity index (χ4v) is 1.32. The second kappa shape index (κ2) is 6.00. The molecule has 2 atom stereocenters. The summed E-state index contributed by atoms with van der Waals surface area (Å²) < 4.78 is 0. The van der Waals surface area contributed by atoms with E-state index < -0.39 is 18.1 Å². The van der Waals surface area contributed by atoms with E-state index in [1.165, 1.54) is 0 Å². The fourth-order valence-electron chi connectivity index (χ4n) is 1.32. The van der Waals surface area contributed by atoms with E-state index in [-0.39, 0.29) is 23.7 Å². The number of rotatable bonds is 5. The van der Waals surface area contributed by atoms with Gasteiger partial charge in [0.15, 0.2) is 0 Å². The molecule has 100 valence electrons. The summed E-state index contributed by atoms with van der Waals surface area (Å²) in [6, 6.07) is -1.02. The van der Waals surface area contributed by atoms with Crippen molar-refractivity contribution in [2.45, 2.75) is 53.1 Å². The van der Waals surface area contributed by atoms with E-state index >= 15 is 0 Å². The number of nitrogens with two attached hydrogens (primary N) is 1. The maximum Gasteiger partial charge on any atom is 0.305 e. The molecule has 0 bridgehead atoms. The summed E-state index contributed by atoms with van der Waals surface area (Å²) in [5.41, 5.74) is 5.41. The van der Waals surface area contributed by atoms with E-state index in [1.54, 1.807) is 0 Å². The lowest BCUT2D eigenvalue weighted by Crippen LogP contribution is -2.52. The van der Waals surface area contributed by atoms with Crippen LogP contribution in [0.5, 0.6) is 0 Å². The normalized spacial score (nSPS) is 15.5. The van der Waals surface area contributed by atoms with Crippen LogP contribution in [-0.4, -0.2) is 29.1 Å². The predicted molar refractivity (Wildman–Crippen MR) is 66.5 cm³/mol. The molecule has 0 spiro atoms. The van der Waals surface area contributed by atoms with Crippen molar-refractivity contribution in [3.63, 3.8) is 0 Å². The van der Waals surface area contributed by atoms with Crippen LogP contribution in [0.4, 0.5) is 0 Å². The summed E-state index contributed by atoms with van der Waals surface area (Å²) in [5, 5.41) is 11.5. The number of hydrogen-bond donors (Lipinski definition) is 3. The van der Waals surface area contributed by atoms with E-state index in [0.717, 1.165) is 0 Å². The number of carbonyl (C=O) groups excluding carboxylic acids is 1. The molecule has 0 aliphatic rings. The maximum atomic E-state index is 11.8. The Morgan fingerprint density at radius 2 is 1.76 bits per heavy atom. The molecule has 0 saturated carbocycles. The zero-order chi connectivity index (χ0) is 13.8. The predicted octanol–water partition coefficient (Wildman–Crippen LogP) is 0.975. The van der Waals surface area contributed by atoms with Crippen LogP contribution in [0.3, 0.4) is 0 Å². The molecule has 0 radical (unpaired) electrons. The first-order valence-electron chi connectivity index (χ1n) is 5.83. The van der Waals surface area contributed by atoms with Crippen molar-refractivity contribution in [1.82, 2.24) is 5.32 Å². The van der Waals surface area contributed by atoms with Gasteiger partial charge in [-0.1, -0.05) is 34.6 Å². The molecule has 0 heterocycles. The molecule has 0 aromatic rings. The van der Waals surface area contributed by atoms with Gasteiger partial charge in [-0.3, -0.25) is 9.59 Å². The minimum Gasteiger partial charge on any atom is -0.481 e. The quantitative estimate of drug-likeness (QED) is 0.672. The molecule has 5 nitrogen and oxygen atoms in total. The molecule has 0 saturated heterocycles. The molecule has 0 aromatic carbocycles. The van der Waals surface area contributed by atoms with Crippen LogP contribution in [0.1, 0.15) is 41.0 Å². The molecule has 0 rings (SSSR count). The fraction of sp³-hybridized carbons (Fsp3) is 0.833. The Morgan fingerprint density at radius 3 is 2.06 bits per heavy atom. The molecule has 17 heavy (non-hydrogen) atoms. The third-order valence-electron chi connectivity index (χ3n) is 2.76. The van der Waals surface area contributed by atoms with Crippen molar-refractivity contribution < 1.29 is 14.7 Å². The molecule has 1 unspecified atom stereocenters. The highest BCUT2D eigenvalue weighted by Gasteiger charge is 2.30. The summed E-state index contributed by atoms with van der Waals surface area (Å²) >= 11 is 0. The molecular formula is C12H24N2O3. The number of carboxylic acid groups (broad SMARTS) is 1. The van der Waals surface area contributed by atoms with Crippen molar-refractivity contribution in [3.8, 4) is 0 Å². The SMILES string of the molecule is CC(C)[C@H](N)C(=O)NC(CC(=O)O)C(C)(C)C. The maximum absolute atomic E-state index is 11.8. The number of hydrogen-bond acceptors (Lipinski definition) is 3. The monoisotopic (exact) mass is 244 g/mol. The van der Waals surface area contributed by atoms with Gasteiger partial charge in [-0.25, -0.2) is 0 Å². The van der Waals surface area contributed by atoms with Crippen LogP contribution in [0.2, 0.25) is 0 Å². The molecule has 0 fully saturated rings.